The fourth-order valence-corrected chi connectivity index (χ4v) is 15.4. The maximum atomic E-state index is 14.9. The van der Waals surface area contributed by atoms with Gasteiger partial charge in [-0.25, -0.2) is 8.78 Å². The number of ether oxygens (including phenoxy) is 2. The van der Waals surface area contributed by atoms with Crippen molar-refractivity contribution in [2.24, 2.45) is 34.1 Å². The fraction of sp³-hybridized carbons (Fsp3) is 0.707. The summed E-state index contributed by atoms with van der Waals surface area (Å²) in [5.41, 5.74) is 0.651. The number of morpholine rings is 1. The molecule has 7 rings (SSSR count). The first-order valence-corrected chi connectivity index (χ1v) is 36.4. The molecule has 5 unspecified atom stereocenters. The topological polar surface area (TPSA) is 136 Å². The highest BCUT2D eigenvalue weighted by Gasteiger charge is 2.55. The summed E-state index contributed by atoms with van der Waals surface area (Å²) in [7, 11) is 3.82. The van der Waals surface area contributed by atoms with Gasteiger partial charge in [-0.15, -0.1) is 0 Å². The van der Waals surface area contributed by atoms with Gasteiger partial charge >= 0.3 is 12.4 Å². The van der Waals surface area contributed by atoms with Crippen molar-refractivity contribution in [3.05, 3.63) is 118 Å². The Balaban J connectivity index is 1.25. The highest BCUT2D eigenvalue weighted by Crippen LogP contribution is 2.50. The summed E-state index contributed by atoms with van der Waals surface area (Å²) in [6.45, 7) is 33.6. The number of allylic oxidation sites excluding steroid dienone is 4. The minimum absolute atomic E-state index is 0.0108. The minimum Gasteiger partial charge on any atom is -0.378 e. The number of nitrogens with one attached hydrogen (secondary N) is 6. The number of fused-ring (bicyclic) bond motifs is 2. The normalized spacial score (nSPS) is 28.5. The lowest BCUT2D eigenvalue weighted by molar-refractivity contribution is -0.164. The molecule has 23 heteroatoms. The van der Waals surface area contributed by atoms with Gasteiger partial charge in [0.2, 0.25) is 5.91 Å². The van der Waals surface area contributed by atoms with E-state index in [-0.39, 0.29) is 96.4 Å². The standard InChI is InChI=1S/C75H118F8N12O3/c1-15-50(6)66-43-89-65(38-49(4)5)53(9)88-44-67-69(72(96)93-34-36-97-37-35-93)56(12)95(67)71(51(7)16-2)54(10)85-31-30-84-45-68(98-17-3)87-29-26-60(25-22-58-40-63(76)70(64(77)41-58)75(81,82)83)86-32-33-91(13)46-61(39-57-20-23-59(24-21-57)74(78,79)80)92(14)47-62-42-73(27-18-19-28-73)48-94(62)55(11)52(8)90-66/h20-21,23-24,26,29,32-33,40-41,46-47,49-56,65-69,71,84-86,88-90H,15-19,22,25,27-28,30-31,34-39,42-45,48H2,1-14H3/t50-,51-,52?,53?,54?,55-,56?,65-,66+,67?,68+,69-,71-/m0/s1. The summed E-state index contributed by atoms with van der Waals surface area (Å²) in [6.07, 6.45) is 9.27. The van der Waals surface area contributed by atoms with Crippen molar-refractivity contribution in [3.8, 4) is 0 Å². The zero-order valence-corrected chi connectivity index (χ0v) is 61.0. The largest absolute Gasteiger partial charge is 0.422 e. The van der Waals surface area contributed by atoms with Gasteiger partial charge in [0.25, 0.3) is 0 Å². The molecule has 4 heterocycles. The predicted molar refractivity (Wildman–Crippen MR) is 377 cm³/mol. The molecule has 1 saturated carbocycles. The lowest BCUT2D eigenvalue weighted by Crippen LogP contribution is -2.75. The van der Waals surface area contributed by atoms with E-state index in [0.29, 0.717) is 100 Å². The van der Waals surface area contributed by atoms with Crippen LogP contribution in [0.4, 0.5) is 35.1 Å². The van der Waals surface area contributed by atoms with Crippen molar-refractivity contribution in [2.75, 3.05) is 86.3 Å². The molecule has 98 heavy (non-hydrogen) atoms. The molecule has 1 aliphatic carbocycles. The van der Waals surface area contributed by atoms with Gasteiger partial charge in [0.15, 0.2) is 6.23 Å². The fourth-order valence-electron chi connectivity index (χ4n) is 15.4. The highest BCUT2D eigenvalue weighted by molar-refractivity contribution is 5.81. The van der Waals surface area contributed by atoms with Crippen molar-refractivity contribution in [1.82, 2.24) is 56.4 Å². The molecule has 0 aromatic heterocycles. The van der Waals surface area contributed by atoms with Crippen LogP contribution in [-0.4, -0.2) is 183 Å². The Bertz CT molecular complexity index is 2930. The van der Waals surface area contributed by atoms with Gasteiger partial charge in [-0.05, 0) is 145 Å². The van der Waals surface area contributed by atoms with Crippen LogP contribution in [0.15, 0.2) is 89.4 Å². The van der Waals surface area contributed by atoms with Crippen LogP contribution in [0.2, 0.25) is 0 Å². The predicted octanol–water partition coefficient (Wildman–Crippen LogP) is 12.7. The van der Waals surface area contributed by atoms with Crippen LogP contribution in [0.1, 0.15) is 163 Å². The van der Waals surface area contributed by atoms with Crippen molar-refractivity contribution in [3.63, 3.8) is 0 Å². The second-order valence-corrected chi connectivity index (χ2v) is 29.3. The Labute approximate surface area is 580 Å². The van der Waals surface area contributed by atoms with Gasteiger partial charge in [0, 0.05) is 182 Å². The molecule has 3 saturated heterocycles. The number of rotatable bonds is 14. The summed E-state index contributed by atoms with van der Waals surface area (Å²) >= 11 is 0. The summed E-state index contributed by atoms with van der Waals surface area (Å²) in [5.74, 6) is -2.29. The summed E-state index contributed by atoms with van der Waals surface area (Å²) in [4.78, 5) is 30.6. The average Bonchev–Trinajstić information content (AvgIpc) is 1.63. The lowest BCUT2D eigenvalue weighted by Gasteiger charge is -2.60. The number of halogens is 8. The third-order valence-electron chi connectivity index (χ3n) is 21.6. The van der Waals surface area contributed by atoms with Gasteiger partial charge < -0.3 is 61.0 Å². The van der Waals surface area contributed by atoms with Gasteiger partial charge in [0.05, 0.1) is 24.7 Å². The molecule has 15 nitrogen and oxygen atoms in total. The second kappa shape index (κ2) is 37.2. The number of likely N-dealkylation sites (N-methyl/N-ethyl adjacent to an activating group) is 1. The van der Waals surface area contributed by atoms with Crippen LogP contribution in [-0.2, 0) is 39.5 Å². The molecule has 0 bridgehead atoms. The van der Waals surface area contributed by atoms with Crippen molar-refractivity contribution in [1.29, 1.82) is 0 Å². The van der Waals surface area contributed by atoms with Gasteiger partial charge in [-0.1, -0.05) is 79.4 Å². The molecule has 4 aliphatic heterocycles. The number of aryl methyl sites for hydroxylation is 1. The molecule has 5 aliphatic rings. The third kappa shape index (κ3) is 22.2. The van der Waals surface area contributed by atoms with Crippen molar-refractivity contribution >= 4 is 12.1 Å². The van der Waals surface area contributed by atoms with Gasteiger partial charge in [-0.3, -0.25) is 14.7 Å². The number of carbonyl (C=O) groups excluding carboxylic acids is 1. The number of nitrogens with zero attached hydrogens (tertiary/aromatic N) is 6. The Hall–Kier alpha value is -5.14. The number of alkyl halides is 6. The van der Waals surface area contributed by atoms with Crippen LogP contribution >= 0.6 is 0 Å². The number of amides is 1. The van der Waals surface area contributed by atoms with Crippen LogP contribution in [0.25, 0.3) is 0 Å². The monoisotopic (exact) mass is 1390 g/mol. The van der Waals surface area contributed by atoms with E-state index in [1.54, 1.807) is 24.7 Å². The van der Waals surface area contributed by atoms with E-state index in [0.717, 1.165) is 82.3 Å². The molecule has 2 aromatic rings. The molecule has 1 amide bonds. The Morgan fingerprint density at radius 1 is 0.776 bits per heavy atom. The molecule has 1 spiro atoms. The van der Waals surface area contributed by atoms with Crippen LogP contribution < -0.4 is 31.9 Å². The third-order valence-corrected chi connectivity index (χ3v) is 21.6. The molecular weight excluding hydrogens is 1270 g/mol. The number of hydrogen-bond acceptors (Lipinski definition) is 14. The first kappa shape index (κ1) is 80.2. The molecule has 2 aromatic carbocycles. The van der Waals surface area contributed by atoms with E-state index >= 15 is 0 Å². The summed E-state index contributed by atoms with van der Waals surface area (Å²) in [6, 6.07) is 7.35. The number of hydrogen-bond donors (Lipinski definition) is 6. The zero-order chi connectivity index (χ0) is 71.6. The molecule has 552 valence electrons. The SMILES string of the molecule is CCO[C@@H]1CNCCNC(C)[C@H]([C@@H](C)CC)N2C(C)[C@H](C(=O)N3CCOCC3)C2CNC(C)[C@H](CC(C)C)NC[C@H]([C@@H](C)CC)NC(C)[C@H](C)N2CC3(CCCC3)CC2=CN(C)C(Cc2ccc(C(F)(F)F)cc2)=CN(C)C=CNC(CCc2cc(F)c(C(F)(F)F)c(F)c2)=CC=N1. The maximum absolute atomic E-state index is 14.9. The zero-order valence-electron chi connectivity index (χ0n) is 61.0. The van der Waals surface area contributed by atoms with Crippen LogP contribution in [0.5, 0.6) is 0 Å². The number of carbonyl (C=O) groups is 1. The first-order chi connectivity index (χ1) is 46.5. The number of aliphatic imine (C=N–C) groups is 1. The molecule has 13 atom stereocenters. The van der Waals surface area contributed by atoms with Gasteiger partial charge in [-0.2, -0.15) is 26.3 Å². The molecule has 6 N–H and O–H groups in total. The molecular formula is C75H118F8N12O3. The quantitative estimate of drug-likeness (QED) is 0.100. The minimum atomic E-state index is -5.21. The number of benzene rings is 2. The second-order valence-electron chi connectivity index (χ2n) is 29.3. The van der Waals surface area contributed by atoms with Crippen LogP contribution in [0.3, 0.4) is 0 Å². The van der Waals surface area contributed by atoms with Crippen molar-refractivity contribution in [2.45, 2.75) is 227 Å². The van der Waals surface area contributed by atoms with E-state index in [2.05, 4.69) is 129 Å². The van der Waals surface area contributed by atoms with E-state index in [1.807, 2.05) is 37.0 Å². The highest BCUT2D eigenvalue weighted by atomic mass is 19.4. The van der Waals surface area contributed by atoms with E-state index in [9.17, 15) is 39.9 Å². The van der Waals surface area contributed by atoms with E-state index in [4.69, 9.17) is 14.5 Å². The van der Waals surface area contributed by atoms with Gasteiger partial charge in [0.1, 0.15) is 17.2 Å². The Morgan fingerprint density at radius 2 is 1.45 bits per heavy atom. The molecule has 4 fully saturated rings. The first-order valence-electron chi connectivity index (χ1n) is 36.4. The van der Waals surface area contributed by atoms with E-state index < -0.39 is 41.3 Å². The maximum Gasteiger partial charge on any atom is 0.422 e. The van der Waals surface area contributed by atoms with Crippen LogP contribution in [0, 0.1) is 40.7 Å². The lowest BCUT2D eigenvalue weighted by atomic mass is 9.74. The average molecular weight is 1390 g/mol. The summed E-state index contributed by atoms with van der Waals surface area (Å²) in [5, 5.41) is 23.0. The Morgan fingerprint density at radius 3 is 2.07 bits per heavy atom. The van der Waals surface area contributed by atoms with E-state index in [1.165, 1.54) is 17.8 Å². The summed E-state index contributed by atoms with van der Waals surface area (Å²) < 4.78 is 124. The van der Waals surface area contributed by atoms with Crippen molar-refractivity contribution < 1.29 is 49.4 Å². The Kier molecular flexibility index (Phi) is 30.4. The smallest absolute Gasteiger partial charge is 0.378 e. The molecule has 0 radical (unpaired) electrons.